The first-order valence-corrected chi connectivity index (χ1v) is 7.61. The Bertz CT molecular complexity index is 908. The number of methoxy groups -OCH3 is 2. The molecule has 0 bridgehead atoms. The molecule has 0 unspecified atom stereocenters. The predicted molar refractivity (Wildman–Crippen MR) is 92.4 cm³/mol. The van der Waals surface area contributed by atoms with Gasteiger partial charge >= 0.3 is 0 Å². The predicted octanol–water partition coefficient (Wildman–Crippen LogP) is 2.98. The van der Waals surface area contributed by atoms with Gasteiger partial charge in [-0.1, -0.05) is 0 Å². The average Bonchev–Trinajstić information content (AvgIpc) is 3.15. The number of hydrogen-bond donors (Lipinski definition) is 1. The molecule has 26 heavy (non-hydrogen) atoms. The topological polar surface area (TPSA) is 112 Å². The van der Waals surface area contributed by atoms with Gasteiger partial charge in [0.25, 0.3) is 5.69 Å². The number of nitrogens with one attached hydrogen (secondary N) is 1. The highest BCUT2D eigenvalue weighted by atomic mass is 16.6. The fourth-order valence-corrected chi connectivity index (χ4v) is 2.28. The molecule has 9 nitrogen and oxygen atoms in total. The molecular formula is C17H16N4O5. The van der Waals surface area contributed by atoms with Gasteiger partial charge in [0.1, 0.15) is 12.4 Å². The summed E-state index contributed by atoms with van der Waals surface area (Å²) in [4.78, 5) is 14.6. The number of benzene rings is 2. The molecule has 0 atom stereocenters. The van der Waals surface area contributed by atoms with Crippen molar-refractivity contribution in [3.05, 3.63) is 58.4 Å². The zero-order valence-electron chi connectivity index (χ0n) is 14.1. The van der Waals surface area contributed by atoms with E-state index < -0.39 is 4.92 Å². The molecular weight excluding hydrogens is 340 g/mol. The van der Waals surface area contributed by atoms with Crippen LogP contribution >= 0.6 is 0 Å². The molecule has 1 aromatic heterocycles. The molecule has 0 radical (unpaired) electrons. The highest BCUT2D eigenvalue weighted by Crippen LogP contribution is 2.31. The second-order valence-corrected chi connectivity index (χ2v) is 5.22. The number of hydrogen-bond acceptors (Lipinski definition) is 7. The number of aromatic amines is 1. The molecule has 0 spiro atoms. The van der Waals surface area contributed by atoms with E-state index in [9.17, 15) is 10.1 Å². The summed E-state index contributed by atoms with van der Waals surface area (Å²) in [7, 11) is 3.13. The van der Waals surface area contributed by atoms with Crippen LogP contribution in [0.2, 0.25) is 0 Å². The van der Waals surface area contributed by atoms with E-state index in [1.807, 2.05) is 6.07 Å². The molecule has 3 rings (SSSR count). The third kappa shape index (κ3) is 3.72. The van der Waals surface area contributed by atoms with Crippen molar-refractivity contribution >= 4 is 5.69 Å². The SMILES string of the molecule is COc1ccc(-c2n[nH]c(COc3ccc([N+](=O)[O-])cc3)n2)cc1OC. The van der Waals surface area contributed by atoms with Crippen molar-refractivity contribution in [2.45, 2.75) is 6.61 Å². The number of H-pyrrole nitrogens is 1. The number of aromatic nitrogens is 3. The van der Waals surface area contributed by atoms with E-state index in [0.29, 0.717) is 28.9 Å². The van der Waals surface area contributed by atoms with Gasteiger partial charge in [-0.25, -0.2) is 4.98 Å². The molecule has 0 aliphatic carbocycles. The average molecular weight is 356 g/mol. The number of nitro groups is 1. The van der Waals surface area contributed by atoms with Gasteiger partial charge in [-0.15, -0.1) is 0 Å². The lowest BCUT2D eigenvalue weighted by Gasteiger charge is -2.07. The quantitative estimate of drug-likeness (QED) is 0.511. The first-order chi connectivity index (χ1) is 12.6. The van der Waals surface area contributed by atoms with E-state index in [0.717, 1.165) is 5.56 Å². The number of ether oxygens (including phenoxy) is 3. The molecule has 0 fully saturated rings. The van der Waals surface area contributed by atoms with E-state index in [4.69, 9.17) is 14.2 Å². The molecule has 0 saturated carbocycles. The van der Waals surface area contributed by atoms with Crippen LogP contribution in [0.15, 0.2) is 42.5 Å². The van der Waals surface area contributed by atoms with Crippen molar-refractivity contribution in [1.29, 1.82) is 0 Å². The first-order valence-electron chi connectivity index (χ1n) is 7.61. The maximum atomic E-state index is 10.6. The second-order valence-electron chi connectivity index (χ2n) is 5.22. The number of nitrogens with zero attached hydrogens (tertiary/aromatic N) is 3. The van der Waals surface area contributed by atoms with Crippen LogP contribution in [0.3, 0.4) is 0 Å². The van der Waals surface area contributed by atoms with Crippen LogP contribution in [-0.2, 0) is 6.61 Å². The van der Waals surface area contributed by atoms with Crippen LogP contribution in [0.5, 0.6) is 17.2 Å². The Hall–Kier alpha value is -3.62. The summed E-state index contributed by atoms with van der Waals surface area (Å²) in [6.07, 6.45) is 0. The van der Waals surface area contributed by atoms with Gasteiger partial charge in [0.2, 0.25) is 0 Å². The van der Waals surface area contributed by atoms with Crippen LogP contribution in [0, 0.1) is 10.1 Å². The molecule has 1 N–H and O–H groups in total. The molecule has 0 aliphatic rings. The molecule has 0 saturated heterocycles. The van der Waals surface area contributed by atoms with Gasteiger partial charge in [0.15, 0.2) is 23.1 Å². The van der Waals surface area contributed by atoms with E-state index in [1.54, 1.807) is 26.4 Å². The summed E-state index contributed by atoms with van der Waals surface area (Å²) in [6.45, 7) is 0.151. The molecule has 0 aliphatic heterocycles. The lowest BCUT2D eigenvalue weighted by Crippen LogP contribution is -1.98. The summed E-state index contributed by atoms with van der Waals surface area (Å²) < 4.78 is 16.0. The van der Waals surface area contributed by atoms with Crippen molar-refractivity contribution in [3.63, 3.8) is 0 Å². The molecule has 2 aromatic carbocycles. The lowest BCUT2D eigenvalue weighted by molar-refractivity contribution is -0.384. The van der Waals surface area contributed by atoms with Crippen molar-refractivity contribution in [2.75, 3.05) is 14.2 Å². The van der Waals surface area contributed by atoms with Crippen molar-refractivity contribution in [1.82, 2.24) is 15.2 Å². The third-order valence-corrected chi connectivity index (χ3v) is 3.60. The summed E-state index contributed by atoms with van der Waals surface area (Å²) >= 11 is 0. The summed E-state index contributed by atoms with van der Waals surface area (Å²) in [5.41, 5.74) is 0.772. The van der Waals surface area contributed by atoms with E-state index in [2.05, 4.69) is 15.2 Å². The zero-order valence-corrected chi connectivity index (χ0v) is 14.1. The standard InChI is InChI=1S/C17H16N4O5/c1-24-14-8-3-11(9-15(14)25-2)17-18-16(19-20-17)10-26-13-6-4-12(5-7-13)21(22)23/h3-9H,10H2,1-2H3,(H,18,19,20). The Morgan fingerprint density at radius 3 is 2.46 bits per heavy atom. The Morgan fingerprint density at radius 2 is 1.81 bits per heavy atom. The Kier molecular flexibility index (Phi) is 4.97. The van der Waals surface area contributed by atoms with Crippen molar-refractivity contribution < 1.29 is 19.1 Å². The van der Waals surface area contributed by atoms with Crippen molar-refractivity contribution in [3.8, 4) is 28.6 Å². The first kappa shape index (κ1) is 17.2. The highest BCUT2D eigenvalue weighted by molar-refractivity contribution is 5.60. The number of rotatable bonds is 7. The van der Waals surface area contributed by atoms with E-state index in [1.165, 1.54) is 24.3 Å². The minimum atomic E-state index is -0.463. The van der Waals surface area contributed by atoms with Gasteiger partial charge in [-0.2, -0.15) is 5.10 Å². The Morgan fingerprint density at radius 1 is 1.08 bits per heavy atom. The lowest BCUT2D eigenvalue weighted by atomic mass is 10.2. The fourth-order valence-electron chi connectivity index (χ4n) is 2.28. The Labute approximate surface area is 148 Å². The number of nitro benzene ring substituents is 1. The maximum absolute atomic E-state index is 10.6. The van der Waals surface area contributed by atoms with Gasteiger partial charge in [-0.05, 0) is 30.3 Å². The van der Waals surface area contributed by atoms with Crippen LogP contribution < -0.4 is 14.2 Å². The van der Waals surface area contributed by atoms with Crippen LogP contribution in [0.1, 0.15) is 5.82 Å². The van der Waals surface area contributed by atoms with E-state index >= 15 is 0 Å². The summed E-state index contributed by atoms with van der Waals surface area (Å²) in [6, 6.07) is 11.2. The van der Waals surface area contributed by atoms with E-state index in [-0.39, 0.29) is 12.3 Å². The molecule has 134 valence electrons. The third-order valence-electron chi connectivity index (χ3n) is 3.60. The highest BCUT2D eigenvalue weighted by Gasteiger charge is 2.11. The maximum Gasteiger partial charge on any atom is 0.269 e. The van der Waals surface area contributed by atoms with Crippen LogP contribution in [0.4, 0.5) is 5.69 Å². The van der Waals surface area contributed by atoms with Gasteiger partial charge in [0.05, 0.1) is 19.1 Å². The second kappa shape index (κ2) is 7.51. The fraction of sp³-hybridized carbons (Fsp3) is 0.176. The number of non-ortho nitro benzene ring substituents is 1. The molecule has 9 heteroatoms. The van der Waals surface area contributed by atoms with Crippen LogP contribution in [-0.4, -0.2) is 34.3 Å². The zero-order chi connectivity index (χ0) is 18.5. The minimum Gasteiger partial charge on any atom is -0.493 e. The van der Waals surface area contributed by atoms with Gasteiger partial charge in [0, 0.05) is 17.7 Å². The monoisotopic (exact) mass is 356 g/mol. The van der Waals surface area contributed by atoms with Gasteiger partial charge < -0.3 is 14.2 Å². The normalized spacial score (nSPS) is 10.4. The Balaban J connectivity index is 1.69. The summed E-state index contributed by atoms with van der Waals surface area (Å²) in [5, 5.41) is 17.6. The molecule has 1 heterocycles. The smallest absolute Gasteiger partial charge is 0.269 e. The van der Waals surface area contributed by atoms with Gasteiger partial charge in [-0.3, -0.25) is 15.2 Å². The van der Waals surface area contributed by atoms with Crippen molar-refractivity contribution in [2.24, 2.45) is 0 Å². The molecule has 3 aromatic rings. The largest absolute Gasteiger partial charge is 0.493 e. The minimum absolute atomic E-state index is 0.00718. The van der Waals surface area contributed by atoms with Crippen LogP contribution in [0.25, 0.3) is 11.4 Å². The summed E-state index contributed by atoms with van der Waals surface area (Å²) in [5.74, 6) is 2.72. The molecule has 0 amide bonds.